The monoisotopic (exact) mass is 370 g/mol. The number of rotatable bonds is 8. The molecule has 2 heterocycles. The molecule has 1 fully saturated rings. The summed E-state index contributed by atoms with van der Waals surface area (Å²) in [5, 5.41) is 10.3. The van der Waals surface area contributed by atoms with Crippen molar-refractivity contribution in [1.29, 1.82) is 0 Å². The summed E-state index contributed by atoms with van der Waals surface area (Å²) in [5.41, 5.74) is 5.45. The fourth-order valence-corrected chi connectivity index (χ4v) is 6.19. The van der Waals surface area contributed by atoms with Crippen LogP contribution < -0.4 is 11.4 Å². The minimum absolute atomic E-state index is 0.0750. The third-order valence-electron chi connectivity index (χ3n) is 4.99. The molecule has 0 aromatic carbocycles. The van der Waals surface area contributed by atoms with Crippen molar-refractivity contribution in [3.8, 4) is 0 Å². The highest BCUT2D eigenvalue weighted by atomic mass is 28.4. The second kappa shape index (κ2) is 8.39. The molecule has 0 spiro atoms. The molecule has 142 valence electrons. The van der Waals surface area contributed by atoms with E-state index in [1.807, 2.05) is 0 Å². The van der Waals surface area contributed by atoms with Gasteiger partial charge in [-0.1, -0.05) is 33.1 Å². The van der Waals surface area contributed by atoms with E-state index in [1.165, 1.54) is 10.9 Å². The lowest BCUT2D eigenvalue weighted by molar-refractivity contribution is -0.0432. The molecule has 1 aromatic rings. The second-order valence-corrected chi connectivity index (χ2v) is 11.5. The maximum atomic E-state index is 11.9. The molecule has 2 rings (SSSR count). The Labute approximate surface area is 149 Å². The lowest BCUT2D eigenvalue weighted by Gasteiger charge is -2.33. The topological polar surface area (TPSA) is 112 Å². The number of hydrogen-bond acceptors (Lipinski definition) is 7. The van der Waals surface area contributed by atoms with E-state index in [-0.39, 0.29) is 5.95 Å². The maximum Gasteiger partial charge on any atom is 0.354 e. The Hall–Kier alpha value is -1.29. The highest BCUT2D eigenvalue weighted by Gasteiger charge is 2.39. The number of hydrogen-bond donors (Lipinski definition) is 2. The lowest BCUT2D eigenvalue weighted by Crippen LogP contribution is -2.40. The number of nitrogens with two attached hydrogens (primary N) is 1. The van der Waals surface area contributed by atoms with Gasteiger partial charge in [-0.15, -0.1) is 0 Å². The van der Waals surface area contributed by atoms with Crippen molar-refractivity contribution < 1.29 is 14.3 Å². The zero-order valence-corrected chi connectivity index (χ0v) is 16.5. The number of nitrogens with zero attached hydrogens (tertiary/aromatic N) is 3. The Balaban J connectivity index is 1.99. The van der Waals surface area contributed by atoms with Crippen LogP contribution in [0.4, 0.5) is 5.95 Å². The first-order valence-electron chi connectivity index (χ1n) is 8.96. The Bertz CT molecular complexity index is 624. The van der Waals surface area contributed by atoms with E-state index in [4.69, 9.17) is 14.9 Å². The van der Waals surface area contributed by atoms with Crippen molar-refractivity contribution in [3.05, 3.63) is 16.8 Å². The van der Waals surface area contributed by atoms with Crippen molar-refractivity contribution in [2.45, 2.75) is 76.6 Å². The van der Waals surface area contributed by atoms with Crippen molar-refractivity contribution in [1.82, 2.24) is 14.5 Å². The first-order chi connectivity index (χ1) is 11.8. The van der Waals surface area contributed by atoms with Crippen LogP contribution in [0.15, 0.2) is 11.1 Å². The first-order valence-corrected chi connectivity index (χ1v) is 11.9. The number of aromatic nitrogens is 3. The highest BCUT2D eigenvalue weighted by molar-refractivity contribution is 6.72. The van der Waals surface area contributed by atoms with Crippen LogP contribution in [-0.4, -0.2) is 46.8 Å². The Morgan fingerprint density at radius 3 is 2.84 bits per heavy atom. The Kier molecular flexibility index (Phi) is 6.72. The molecule has 0 radical (unpaired) electrons. The summed E-state index contributed by atoms with van der Waals surface area (Å²) in [6.07, 6.45) is 3.26. The molecule has 0 aliphatic carbocycles. The summed E-state index contributed by atoms with van der Waals surface area (Å²) >= 11 is 0. The molecule has 8 nitrogen and oxygen atoms in total. The van der Waals surface area contributed by atoms with Crippen molar-refractivity contribution in [2.24, 2.45) is 0 Å². The molecule has 3 N–H and O–H groups in total. The molecule has 0 saturated carbocycles. The van der Waals surface area contributed by atoms with Gasteiger partial charge >= 0.3 is 5.69 Å². The van der Waals surface area contributed by atoms with E-state index in [9.17, 15) is 9.90 Å². The fraction of sp³-hybridized carbons (Fsp3) is 0.812. The second-order valence-electron chi connectivity index (χ2n) is 7.14. The van der Waals surface area contributed by atoms with Crippen LogP contribution in [0.5, 0.6) is 0 Å². The average Bonchev–Trinajstić information content (AvgIpc) is 2.91. The number of aliphatic hydroxyl groups excluding tert-OH is 1. The van der Waals surface area contributed by atoms with Gasteiger partial charge in [0.05, 0.1) is 12.7 Å². The van der Waals surface area contributed by atoms with Gasteiger partial charge in [-0.05, 0) is 18.6 Å². The van der Waals surface area contributed by atoms with Gasteiger partial charge in [0, 0.05) is 6.42 Å². The average molecular weight is 371 g/mol. The smallest absolute Gasteiger partial charge is 0.354 e. The van der Waals surface area contributed by atoms with Crippen LogP contribution >= 0.6 is 0 Å². The highest BCUT2D eigenvalue weighted by Crippen LogP contribution is 2.33. The van der Waals surface area contributed by atoms with E-state index >= 15 is 0 Å². The summed E-state index contributed by atoms with van der Waals surface area (Å²) in [7, 11) is -1.87. The fourth-order valence-electron chi connectivity index (χ4n) is 3.40. The SMILES string of the molecule is CCCC(CC)[Si](C)(C)OC[C@H]1O[C@@H](n2cnc(N)nc2=O)C[C@@H]1O. The number of anilines is 1. The summed E-state index contributed by atoms with van der Waals surface area (Å²) < 4.78 is 13.3. The van der Waals surface area contributed by atoms with Gasteiger partial charge < -0.3 is 20.0 Å². The van der Waals surface area contributed by atoms with E-state index in [0.717, 1.165) is 19.3 Å². The van der Waals surface area contributed by atoms with Crippen LogP contribution in [0.3, 0.4) is 0 Å². The van der Waals surface area contributed by atoms with Gasteiger partial charge in [0.25, 0.3) is 0 Å². The maximum absolute atomic E-state index is 11.9. The van der Waals surface area contributed by atoms with E-state index in [1.54, 1.807) is 0 Å². The molecular formula is C16H30N4O4Si. The van der Waals surface area contributed by atoms with Crippen LogP contribution in [0.25, 0.3) is 0 Å². The van der Waals surface area contributed by atoms with E-state index in [2.05, 4.69) is 36.9 Å². The third-order valence-corrected chi connectivity index (χ3v) is 8.57. The zero-order valence-electron chi connectivity index (χ0n) is 15.5. The number of nitrogen functional groups attached to an aromatic ring is 1. The minimum atomic E-state index is -1.87. The number of aliphatic hydroxyl groups is 1. The molecule has 4 atom stereocenters. The largest absolute Gasteiger partial charge is 0.414 e. The first kappa shape index (κ1) is 20.0. The molecule has 9 heteroatoms. The van der Waals surface area contributed by atoms with Gasteiger partial charge in [0.2, 0.25) is 5.95 Å². The Morgan fingerprint density at radius 2 is 2.24 bits per heavy atom. The molecule has 1 saturated heterocycles. The summed E-state index contributed by atoms with van der Waals surface area (Å²) in [5.74, 6) is -0.0750. The van der Waals surface area contributed by atoms with Crippen molar-refractivity contribution in [2.75, 3.05) is 12.3 Å². The molecule has 0 bridgehead atoms. The van der Waals surface area contributed by atoms with Crippen LogP contribution in [-0.2, 0) is 9.16 Å². The molecule has 1 aromatic heterocycles. The van der Waals surface area contributed by atoms with Crippen LogP contribution in [0, 0.1) is 0 Å². The predicted octanol–water partition coefficient (Wildman–Crippen LogP) is 1.67. The molecule has 1 unspecified atom stereocenters. The molecule has 1 aliphatic heterocycles. The lowest BCUT2D eigenvalue weighted by atomic mass is 10.2. The van der Waals surface area contributed by atoms with Gasteiger partial charge in [-0.3, -0.25) is 4.57 Å². The van der Waals surface area contributed by atoms with Crippen LogP contribution in [0.1, 0.15) is 45.8 Å². The van der Waals surface area contributed by atoms with Crippen molar-refractivity contribution in [3.63, 3.8) is 0 Å². The Morgan fingerprint density at radius 1 is 1.52 bits per heavy atom. The number of ether oxygens (including phenoxy) is 1. The van der Waals surface area contributed by atoms with Crippen LogP contribution in [0.2, 0.25) is 18.6 Å². The van der Waals surface area contributed by atoms with E-state index < -0.39 is 32.4 Å². The third kappa shape index (κ3) is 4.87. The van der Waals surface area contributed by atoms with Gasteiger partial charge in [-0.2, -0.15) is 4.98 Å². The quantitative estimate of drug-likeness (QED) is 0.669. The van der Waals surface area contributed by atoms with E-state index in [0.29, 0.717) is 18.6 Å². The minimum Gasteiger partial charge on any atom is -0.414 e. The van der Waals surface area contributed by atoms with Gasteiger partial charge in [0.1, 0.15) is 18.7 Å². The normalized spacial score (nSPS) is 25.2. The molecule has 25 heavy (non-hydrogen) atoms. The zero-order chi connectivity index (χ0) is 18.6. The molecule has 0 amide bonds. The predicted molar refractivity (Wildman–Crippen MR) is 97.6 cm³/mol. The molecular weight excluding hydrogens is 340 g/mol. The van der Waals surface area contributed by atoms with Gasteiger partial charge in [0.15, 0.2) is 8.32 Å². The van der Waals surface area contributed by atoms with Gasteiger partial charge in [-0.25, -0.2) is 9.78 Å². The standard InChI is InChI=1S/C16H30N4O4Si/c1-5-7-11(6-2)25(3,4)23-9-13-12(21)8-14(24-13)20-10-18-15(17)19-16(20)22/h10-14,21H,5-9H2,1-4H3,(H2,17,19,22)/t11?,12-,13+,14+/m0/s1. The summed E-state index contributed by atoms with van der Waals surface area (Å²) in [6.45, 7) is 9.15. The summed E-state index contributed by atoms with van der Waals surface area (Å²) in [4.78, 5) is 19.3. The van der Waals surface area contributed by atoms with Crippen molar-refractivity contribution >= 4 is 14.3 Å². The molecule has 1 aliphatic rings. The summed E-state index contributed by atoms with van der Waals surface area (Å²) in [6, 6.07) is 0.